The number of hydrogen-bond acceptors (Lipinski definition) is 3. The number of ether oxygens (including phenoxy) is 1. The summed E-state index contributed by atoms with van der Waals surface area (Å²) in [6.45, 7) is 3.50. The first-order chi connectivity index (χ1) is 6.06. The highest BCUT2D eigenvalue weighted by Crippen LogP contribution is 2.10. The Morgan fingerprint density at radius 3 is 2.46 bits per heavy atom. The first-order valence-electron chi connectivity index (χ1n) is 3.72. The van der Waals surface area contributed by atoms with Crippen LogP contribution in [-0.4, -0.2) is 24.9 Å². The molecule has 0 spiro atoms. The monoisotopic (exact) mass is 182 g/mol. The van der Waals surface area contributed by atoms with Crippen molar-refractivity contribution in [3.8, 4) is 0 Å². The highest BCUT2D eigenvalue weighted by Gasteiger charge is 2.26. The Kier molecular flexibility index (Phi) is 2.46. The molecule has 0 saturated heterocycles. The van der Waals surface area contributed by atoms with E-state index in [1.165, 1.54) is 7.11 Å². The number of amides is 3. The zero-order chi connectivity index (χ0) is 10.0. The van der Waals surface area contributed by atoms with Crippen molar-refractivity contribution in [1.29, 1.82) is 0 Å². The SMILES string of the molecule is COC1=NC(=O)NC(=O)C1=C(C)C. The average Bonchev–Trinajstić information content (AvgIpc) is 2.01. The van der Waals surface area contributed by atoms with E-state index in [0.29, 0.717) is 5.57 Å². The zero-order valence-electron chi connectivity index (χ0n) is 7.67. The fourth-order valence-electron chi connectivity index (χ4n) is 1.02. The lowest BCUT2D eigenvalue weighted by molar-refractivity contribution is -0.116. The molecule has 0 unspecified atom stereocenters. The van der Waals surface area contributed by atoms with Crippen molar-refractivity contribution in [3.63, 3.8) is 0 Å². The second-order valence-electron chi connectivity index (χ2n) is 2.76. The van der Waals surface area contributed by atoms with E-state index in [1.54, 1.807) is 13.8 Å². The smallest absolute Gasteiger partial charge is 0.351 e. The maximum absolute atomic E-state index is 11.3. The number of hydrogen-bond donors (Lipinski definition) is 1. The van der Waals surface area contributed by atoms with Gasteiger partial charge in [0.15, 0.2) is 0 Å². The van der Waals surface area contributed by atoms with E-state index >= 15 is 0 Å². The summed E-state index contributed by atoms with van der Waals surface area (Å²) in [4.78, 5) is 25.6. The fourth-order valence-corrected chi connectivity index (χ4v) is 1.02. The van der Waals surface area contributed by atoms with E-state index in [4.69, 9.17) is 4.74 Å². The van der Waals surface area contributed by atoms with Crippen LogP contribution in [0.1, 0.15) is 13.8 Å². The molecule has 5 heteroatoms. The summed E-state index contributed by atoms with van der Waals surface area (Å²) < 4.78 is 4.82. The highest BCUT2D eigenvalue weighted by molar-refractivity contribution is 6.27. The van der Waals surface area contributed by atoms with Crippen LogP contribution >= 0.6 is 0 Å². The number of nitrogens with one attached hydrogen (secondary N) is 1. The van der Waals surface area contributed by atoms with Crippen LogP contribution in [0.5, 0.6) is 0 Å². The molecule has 1 heterocycles. The number of aliphatic imine (C=N–C) groups is 1. The van der Waals surface area contributed by atoms with E-state index < -0.39 is 11.9 Å². The predicted octanol–water partition coefficient (Wildman–Crippen LogP) is 0.617. The molecule has 1 aliphatic rings. The maximum Gasteiger partial charge on any atom is 0.351 e. The van der Waals surface area contributed by atoms with Crippen molar-refractivity contribution in [1.82, 2.24) is 5.32 Å². The lowest BCUT2D eigenvalue weighted by Crippen LogP contribution is -2.38. The predicted molar refractivity (Wildman–Crippen MR) is 46.4 cm³/mol. The number of urea groups is 1. The Labute approximate surface area is 75.5 Å². The van der Waals surface area contributed by atoms with Crippen LogP contribution in [0.3, 0.4) is 0 Å². The molecular weight excluding hydrogens is 172 g/mol. The van der Waals surface area contributed by atoms with Gasteiger partial charge >= 0.3 is 6.03 Å². The molecule has 0 aromatic heterocycles. The molecule has 0 saturated carbocycles. The Morgan fingerprint density at radius 1 is 1.38 bits per heavy atom. The van der Waals surface area contributed by atoms with Crippen molar-refractivity contribution in [2.75, 3.05) is 7.11 Å². The summed E-state index contributed by atoms with van der Waals surface area (Å²) >= 11 is 0. The van der Waals surface area contributed by atoms with Gasteiger partial charge in [-0.25, -0.2) is 4.79 Å². The fraction of sp³-hybridized carbons (Fsp3) is 0.375. The third-order valence-corrected chi connectivity index (χ3v) is 1.56. The molecule has 5 nitrogen and oxygen atoms in total. The summed E-state index contributed by atoms with van der Waals surface area (Å²) in [7, 11) is 1.37. The van der Waals surface area contributed by atoms with Crippen molar-refractivity contribution in [2.45, 2.75) is 13.8 Å². The first-order valence-corrected chi connectivity index (χ1v) is 3.72. The molecule has 1 N–H and O–H groups in total. The molecule has 0 fully saturated rings. The lowest BCUT2D eigenvalue weighted by atomic mass is 10.1. The van der Waals surface area contributed by atoms with Crippen LogP contribution in [0, 0.1) is 0 Å². The molecule has 3 amide bonds. The van der Waals surface area contributed by atoms with Crippen molar-refractivity contribution in [3.05, 3.63) is 11.1 Å². The minimum Gasteiger partial charge on any atom is -0.480 e. The molecular formula is C8H10N2O3. The minimum absolute atomic E-state index is 0.0775. The first kappa shape index (κ1) is 9.44. The van der Waals surface area contributed by atoms with E-state index in [-0.39, 0.29) is 5.90 Å². The molecule has 70 valence electrons. The molecule has 13 heavy (non-hydrogen) atoms. The number of imide groups is 1. The third-order valence-electron chi connectivity index (χ3n) is 1.56. The van der Waals surface area contributed by atoms with Gasteiger partial charge in [0.05, 0.1) is 7.11 Å². The second-order valence-corrected chi connectivity index (χ2v) is 2.76. The van der Waals surface area contributed by atoms with Crippen LogP contribution < -0.4 is 5.32 Å². The highest BCUT2D eigenvalue weighted by atomic mass is 16.5. The molecule has 0 atom stereocenters. The number of carbonyl (C=O) groups is 2. The van der Waals surface area contributed by atoms with E-state index in [1.807, 2.05) is 0 Å². The number of rotatable bonds is 0. The summed E-state index contributed by atoms with van der Waals surface area (Å²) in [5.41, 5.74) is 1.08. The van der Waals surface area contributed by atoms with Gasteiger partial charge in [-0.3, -0.25) is 10.1 Å². The standard InChI is InChI=1S/C8H10N2O3/c1-4(2)5-6(11)9-8(12)10-7(5)13-3/h1-3H3,(H,9,11,12). The van der Waals surface area contributed by atoms with Gasteiger partial charge < -0.3 is 4.74 Å². The van der Waals surface area contributed by atoms with Crippen LogP contribution in [-0.2, 0) is 9.53 Å². The van der Waals surface area contributed by atoms with Crippen LogP contribution in [0.25, 0.3) is 0 Å². The van der Waals surface area contributed by atoms with E-state index in [9.17, 15) is 9.59 Å². The summed E-state index contributed by atoms with van der Waals surface area (Å²) in [6.07, 6.45) is 0. The Hall–Kier alpha value is -1.65. The zero-order valence-corrected chi connectivity index (χ0v) is 7.67. The van der Waals surface area contributed by atoms with Crippen LogP contribution in [0.15, 0.2) is 16.1 Å². The molecule has 0 bridgehead atoms. The molecule has 0 radical (unpaired) electrons. The van der Waals surface area contributed by atoms with Crippen molar-refractivity contribution < 1.29 is 14.3 Å². The van der Waals surface area contributed by atoms with Gasteiger partial charge in [-0.15, -0.1) is 0 Å². The summed E-state index contributed by atoms with van der Waals surface area (Å²) in [5, 5.41) is 2.07. The van der Waals surface area contributed by atoms with Gasteiger partial charge in [0.1, 0.15) is 5.57 Å². The van der Waals surface area contributed by atoms with Gasteiger partial charge in [0, 0.05) is 0 Å². The summed E-state index contributed by atoms with van der Waals surface area (Å²) in [6, 6.07) is -0.688. The Balaban J connectivity index is 3.21. The largest absolute Gasteiger partial charge is 0.480 e. The quantitative estimate of drug-likeness (QED) is 0.558. The van der Waals surface area contributed by atoms with Crippen LogP contribution in [0.4, 0.5) is 4.79 Å². The molecule has 0 aliphatic carbocycles. The van der Waals surface area contributed by atoms with Gasteiger partial charge in [0.2, 0.25) is 5.90 Å². The number of carbonyl (C=O) groups excluding carboxylic acids is 2. The Bertz CT molecular complexity index is 324. The second kappa shape index (κ2) is 3.38. The Morgan fingerprint density at radius 2 is 2.00 bits per heavy atom. The number of methoxy groups -OCH3 is 1. The number of nitrogens with zero attached hydrogens (tertiary/aromatic N) is 1. The lowest BCUT2D eigenvalue weighted by Gasteiger charge is -2.14. The molecule has 0 aromatic rings. The maximum atomic E-state index is 11.3. The van der Waals surface area contributed by atoms with E-state index in [0.717, 1.165) is 5.57 Å². The average molecular weight is 182 g/mol. The van der Waals surface area contributed by atoms with E-state index in [2.05, 4.69) is 10.3 Å². The van der Waals surface area contributed by atoms with Crippen molar-refractivity contribution >= 4 is 17.8 Å². The molecule has 1 rings (SSSR count). The normalized spacial score (nSPS) is 16.5. The van der Waals surface area contributed by atoms with Gasteiger partial charge in [-0.05, 0) is 13.8 Å². The third kappa shape index (κ3) is 1.74. The van der Waals surface area contributed by atoms with Crippen molar-refractivity contribution in [2.24, 2.45) is 4.99 Å². The number of allylic oxidation sites excluding steroid dienone is 1. The van der Waals surface area contributed by atoms with Gasteiger partial charge in [-0.1, -0.05) is 5.57 Å². The van der Waals surface area contributed by atoms with Crippen LogP contribution in [0.2, 0.25) is 0 Å². The minimum atomic E-state index is -0.688. The van der Waals surface area contributed by atoms with Gasteiger partial charge in [0.25, 0.3) is 5.91 Å². The topological polar surface area (TPSA) is 67.8 Å². The molecule has 0 aromatic carbocycles. The summed E-state index contributed by atoms with van der Waals surface area (Å²) in [5.74, 6) is -0.384. The molecule has 1 aliphatic heterocycles. The van der Waals surface area contributed by atoms with Gasteiger partial charge in [-0.2, -0.15) is 4.99 Å².